The Labute approximate surface area is 224 Å². The zero-order valence-electron chi connectivity index (χ0n) is 20.7. The van der Waals surface area contributed by atoms with E-state index in [1.807, 2.05) is 0 Å². The van der Waals surface area contributed by atoms with E-state index in [1.165, 1.54) is 34.8 Å². The fourth-order valence-corrected chi connectivity index (χ4v) is 6.26. The molecule has 0 aliphatic carbocycles. The van der Waals surface area contributed by atoms with Crippen molar-refractivity contribution in [1.82, 2.24) is 23.7 Å². The predicted octanol–water partition coefficient (Wildman–Crippen LogP) is 4.44. The van der Waals surface area contributed by atoms with E-state index in [0.29, 0.717) is 53.0 Å². The molecule has 1 atom stereocenters. The van der Waals surface area contributed by atoms with Crippen molar-refractivity contribution in [2.75, 3.05) is 18.4 Å². The molecule has 11 heteroatoms. The average molecular weight is 543 g/mol. The number of terminal acetylenes is 1. The van der Waals surface area contributed by atoms with E-state index in [9.17, 15) is 12.8 Å². The van der Waals surface area contributed by atoms with Crippen LogP contribution in [-0.4, -0.2) is 51.2 Å². The molecule has 1 fully saturated rings. The van der Waals surface area contributed by atoms with Gasteiger partial charge < -0.3 is 9.73 Å². The van der Waals surface area contributed by atoms with Gasteiger partial charge in [-0.3, -0.25) is 4.40 Å². The lowest BCUT2D eigenvalue weighted by Crippen LogP contribution is -2.45. The fraction of sp³-hybridized carbons (Fsp3) is 0.179. The quantitative estimate of drug-likeness (QED) is 0.316. The Morgan fingerprint density at radius 2 is 1.87 bits per heavy atom. The fourth-order valence-electron chi connectivity index (χ4n) is 4.73. The highest BCUT2D eigenvalue weighted by Gasteiger charge is 2.30. The molecule has 0 amide bonds. The Kier molecular flexibility index (Phi) is 6.34. The Bertz CT molecular complexity index is 1790. The van der Waals surface area contributed by atoms with Crippen LogP contribution in [-0.2, 0) is 10.0 Å². The number of piperidine rings is 1. The summed E-state index contributed by atoms with van der Waals surface area (Å²) in [7, 11) is -3.68. The second-order valence-corrected chi connectivity index (χ2v) is 11.1. The molecular formula is C28H23FN6O3S. The van der Waals surface area contributed by atoms with Gasteiger partial charge in [0.2, 0.25) is 16.0 Å². The van der Waals surface area contributed by atoms with E-state index in [4.69, 9.17) is 15.8 Å². The van der Waals surface area contributed by atoms with Crippen LogP contribution < -0.4 is 5.32 Å². The third-order valence-electron chi connectivity index (χ3n) is 6.65. The van der Waals surface area contributed by atoms with Gasteiger partial charge >= 0.3 is 5.84 Å². The van der Waals surface area contributed by atoms with Crippen molar-refractivity contribution in [2.45, 2.75) is 23.8 Å². The molecule has 0 bridgehead atoms. The van der Waals surface area contributed by atoms with Gasteiger partial charge in [-0.05, 0) is 67.4 Å². The first kappa shape index (κ1) is 24.8. The number of rotatable bonds is 6. The molecule has 1 aliphatic heterocycles. The van der Waals surface area contributed by atoms with Gasteiger partial charge in [-0.1, -0.05) is 5.92 Å². The van der Waals surface area contributed by atoms with Crippen molar-refractivity contribution in [2.24, 2.45) is 0 Å². The lowest BCUT2D eigenvalue weighted by atomic mass is 10.1. The lowest BCUT2D eigenvalue weighted by molar-refractivity contribution is 0.326. The molecule has 2 aromatic carbocycles. The van der Waals surface area contributed by atoms with E-state index >= 15 is 0 Å². The molecule has 1 saturated heterocycles. The number of aromatic nitrogens is 4. The molecule has 6 rings (SSSR count). The average Bonchev–Trinajstić information content (AvgIpc) is 3.55. The third kappa shape index (κ3) is 4.76. The van der Waals surface area contributed by atoms with Crippen LogP contribution in [0.3, 0.4) is 0 Å². The lowest BCUT2D eigenvalue weighted by Gasteiger charge is -2.32. The summed E-state index contributed by atoms with van der Waals surface area (Å²) in [5, 5.41) is 3.31. The smallest absolute Gasteiger partial charge is 0.306 e. The maximum Gasteiger partial charge on any atom is 0.306 e. The van der Waals surface area contributed by atoms with E-state index in [0.717, 1.165) is 6.42 Å². The number of anilines is 1. The maximum atomic E-state index is 13.6. The van der Waals surface area contributed by atoms with Gasteiger partial charge in [0, 0.05) is 42.7 Å². The molecular weight excluding hydrogens is 519 g/mol. The first-order valence-corrected chi connectivity index (χ1v) is 13.7. The van der Waals surface area contributed by atoms with E-state index in [2.05, 4.69) is 21.2 Å². The Balaban J connectivity index is 1.26. The van der Waals surface area contributed by atoms with Crippen molar-refractivity contribution in [3.8, 4) is 35.0 Å². The molecule has 0 radical (unpaired) electrons. The number of oxazole rings is 1. The van der Waals surface area contributed by atoms with Crippen LogP contribution in [0.1, 0.15) is 18.4 Å². The normalized spacial score (nSPS) is 16.3. The number of hydrogen-bond acceptors (Lipinski definition) is 7. The molecule has 3 aromatic heterocycles. The van der Waals surface area contributed by atoms with E-state index in [-0.39, 0.29) is 23.3 Å². The third-order valence-corrected chi connectivity index (χ3v) is 8.53. The van der Waals surface area contributed by atoms with Crippen LogP contribution in [0.25, 0.3) is 28.5 Å². The highest BCUT2D eigenvalue weighted by Crippen LogP contribution is 2.32. The molecule has 39 heavy (non-hydrogen) atoms. The minimum Gasteiger partial charge on any atom is -0.432 e. The monoisotopic (exact) mass is 542 g/mol. The van der Waals surface area contributed by atoms with E-state index in [1.54, 1.807) is 47.1 Å². The van der Waals surface area contributed by atoms with Gasteiger partial charge in [-0.15, -0.1) is 6.42 Å². The van der Waals surface area contributed by atoms with Gasteiger partial charge in [-0.2, -0.15) is 9.29 Å². The molecule has 4 heterocycles. The first-order valence-electron chi connectivity index (χ1n) is 12.3. The summed E-state index contributed by atoms with van der Waals surface area (Å²) in [5.74, 6) is 2.89. The summed E-state index contributed by atoms with van der Waals surface area (Å²) in [6.07, 6.45) is 11.7. The highest BCUT2D eigenvalue weighted by molar-refractivity contribution is 7.89. The van der Waals surface area contributed by atoms with Crippen LogP contribution in [0.15, 0.2) is 82.6 Å². The zero-order chi connectivity index (χ0) is 27.0. The van der Waals surface area contributed by atoms with Crippen molar-refractivity contribution >= 4 is 21.8 Å². The number of nitrogens with one attached hydrogen (secondary N) is 1. The predicted molar refractivity (Wildman–Crippen MR) is 144 cm³/mol. The van der Waals surface area contributed by atoms with Gasteiger partial charge in [0.25, 0.3) is 0 Å². The largest absolute Gasteiger partial charge is 0.432 e. The summed E-state index contributed by atoms with van der Waals surface area (Å²) >= 11 is 0. The van der Waals surface area contributed by atoms with E-state index < -0.39 is 10.0 Å². The highest BCUT2D eigenvalue weighted by atomic mass is 32.2. The number of sulfonamides is 1. The second-order valence-electron chi connectivity index (χ2n) is 9.15. The summed E-state index contributed by atoms with van der Waals surface area (Å²) in [6, 6.07) is 13.9. The topological polar surface area (TPSA) is 106 Å². The number of imidazole rings is 1. The van der Waals surface area contributed by atoms with Gasteiger partial charge in [0.1, 0.15) is 23.5 Å². The van der Waals surface area contributed by atoms with Crippen LogP contribution in [0.2, 0.25) is 0 Å². The summed E-state index contributed by atoms with van der Waals surface area (Å²) in [5.41, 5.74) is 3.16. The van der Waals surface area contributed by atoms with Crippen LogP contribution in [0, 0.1) is 18.2 Å². The Morgan fingerprint density at radius 1 is 1.08 bits per heavy atom. The van der Waals surface area contributed by atoms with Gasteiger partial charge in [0.05, 0.1) is 10.6 Å². The van der Waals surface area contributed by atoms with Gasteiger partial charge in [-0.25, -0.2) is 22.8 Å². The summed E-state index contributed by atoms with van der Waals surface area (Å²) in [6.45, 7) is 0.694. The summed E-state index contributed by atoms with van der Waals surface area (Å²) in [4.78, 5) is 13.9. The van der Waals surface area contributed by atoms with Crippen molar-refractivity contribution in [3.63, 3.8) is 0 Å². The van der Waals surface area contributed by atoms with Crippen molar-refractivity contribution in [1.29, 1.82) is 0 Å². The van der Waals surface area contributed by atoms with Crippen LogP contribution in [0.5, 0.6) is 0 Å². The van der Waals surface area contributed by atoms with Crippen LogP contribution in [0.4, 0.5) is 10.3 Å². The Hall–Kier alpha value is -4.53. The van der Waals surface area contributed by atoms with Gasteiger partial charge in [0.15, 0.2) is 0 Å². The molecule has 0 spiro atoms. The molecule has 1 N–H and O–H groups in total. The number of benzene rings is 2. The van der Waals surface area contributed by atoms with Crippen molar-refractivity contribution < 1.29 is 17.2 Å². The zero-order valence-corrected chi connectivity index (χ0v) is 21.5. The minimum atomic E-state index is -3.68. The molecule has 196 valence electrons. The first-order chi connectivity index (χ1) is 18.9. The second kappa shape index (κ2) is 9.98. The number of nitrogens with zero attached hydrogens (tertiary/aromatic N) is 5. The SMILES string of the molecule is C#Cc1ccc(S(=O)(=O)N2CCCC(Nc3nccc(-c4c(-c5ccc(F)cc5)nc5occn45)n3)C2)cc1. The summed E-state index contributed by atoms with van der Waals surface area (Å²) < 4.78 is 48.8. The van der Waals surface area contributed by atoms with Crippen LogP contribution >= 0.6 is 0 Å². The standard InChI is InChI=1S/C28H23FN6O3S/c1-2-19-5-11-23(12-6-19)39(36,37)34-15-3-4-22(18-34)31-27-30-14-13-24(32-27)26-25(20-7-9-21(29)10-8-20)33-28-35(26)16-17-38-28/h1,5-14,16-17,22H,3-4,15,18H2,(H,30,31,32). The molecule has 1 unspecified atom stereocenters. The number of hydrogen-bond donors (Lipinski definition) is 1. The molecule has 9 nitrogen and oxygen atoms in total. The maximum absolute atomic E-state index is 13.6. The minimum absolute atomic E-state index is 0.190. The molecule has 1 aliphatic rings. The molecule has 0 saturated carbocycles. The van der Waals surface area contributed by atoms with Crippen molar-refractivity contribution in [3.05, 3.63) is 84.6 Å². The number of halogens is 1. The number of fused-ring (bicyclic) bond motifs is 1. The molecule has 5 aromatic rings. The Morgan fingerprint density at radius 3 is 2.64 bits per heavy atom.